The van der Waals surface area contributed by atoms with Gasteiger partial charge in [-0.25, -0.2) is 0 Å². The van der Waals surface area contributed by atoms with Crippen LogP contribution in [0.25, 0.3) is 0 Å². The summed E-state index contributed by atoms with van der Waals surface area (Å²) in [4.78, 5) is 11.7. The SMILES string of the molecule is COc1nc(OC)nc(OC(C)(C)C)n1. The third kappa shape index (κ3) is 3.57. The normalized spacial score (nSPS) is 11.0. The van der Waals surface area contributed by atoms with Crippen LogP contribution in [0.15, 0.2) is 0 Å². The Hall–Kier alpha value is -1.59. The molecule has 0 aliphatic rings. The van der Waals surface area contributed by atoms with Gasteiger partial charge < -0.3 is 14.2 Å². The first-order valence-electron chi connectivity index (χ1n) is 4.47. The number of rotatable bonds is 3. The maximum Gasteiger partial charge on any atom is 0.326 e. The van der Waals surface area contributed by atoms with Crippen molar-refractivity contribution >= 4 is 0 Å². The van der Waals surface area contributed by atoms with Crippen molar-refractivity contribution in [3.8, 4) is 18.0 Å². The maximum atomic E-state index is 5.46. The van der Waals surface area contributed by atoms with E-state index in [1.165, 1.54) is 14.2 Å². The lowest BCUT2D eigenvalue weighted by Crippen LogP contribution is -2.24. The van der Waals surface area contributed by atoms with Crippen molar-refractivity contribution in [2.45, 2.75) is 26.4 Å². The molecule has 0 unspecified atom stereocenters. The molecule has 0 saturated carbocycles. The van der Waals surface area contributed by atoms with E-state index in [0.29, 0.717) is 0 Å². The molecule has 0 N–H and O–H groups in total. The van der Waals surface area contributed by atoms with Crippen LogP contribution in [0.3, 0.4) is 0 Å². The van der Waals surface area contributed by atoms with Gasteiger partial charge in [-0.2, -0.15) is 0 Å². The predicted octanol–water partition coefficient (Wildman–Crippen LogP) is 1.07. The van der Waals surface area contributed by atoms with Gasteiger partial charge in [0.05, 0.1) is 14.2 Å². The lowest BCUT2D eigenvalue weighted by atomic mass is 10.2. The number of ether oxygens (including phenoxy) is 3. The summed E-state index contributed by atoms with van der Waals surface area (Å²) in [7, 11) is 2.94. The van der Waals surface area contributed by atoms with Crippen LogP contribution < -0.4 is 14.2 Å². The van der Waals surface area contributed by atoms with Gasteiger partial charge in [0, 0.05) is 0 Å². The average molecular weight is 213 g/mol. The number of hydrogen-bond donors (Lipinski definition) is 0. The van der Waals surface area contributed by atoms with Crippen LogP contribution in [0.1, 0.15) is 20.8 Å². The molecule has 15 heavy (non-hydrogen) atoms. The Bertz CT molecular complexity index is 314. The molecule has 0 saturated heterocycles. The molecular weight excluding hydrogens is 198 g/mol. The molecule has 6 nitrogen and oxygen atoms in total. The maximum absolute atomic E-state index is 5.46. The smallest absolute Gasteiger partial charge is 0.326 e. The van der Waals surface area contributed by atoms with Crippen molar-refractivity contribution < 1.29 is 14.2 Å². The second-order valence-electron chi connectivity index (χ2n) is 3.81. The van der Waals surface area contributed by atoms with Crippen molar-refractivity contribution in [2.24, 2.45) is 0 Å². The molecule has 0 fully saturated rings. The predicted molar refractivity (Wildman–Crippen MR) is 53.3 cm³/mol. The third-order valence-corrected chi connectivity index (χ3v) is 1.34. The van der Waals surface area contributed by atoms with Crippen LogP contribution >= 0.6 is 0 Å². The molecule has 1 rings (SSSR count). The molecule has 0 bridgehead atoms. The molecule has 0 atom stereocenters. The Morgan fingerprint density at radius 3 is 1.53 bits per heavy atom. The largest absolute Gasteiger partial charge is 0.467 e. The molecule has 0 aromatic carbocycles. The van der Waals surface area contributed by atoms with E-state index in [1.807, 2.05) is 20.8 Å². The number of nitrogens with zero attached hydrogens (tertiary/aromatic N) is 3. The van der Waals surface area contributed by atoms with Gasteiger partial charge in [-0.15, -0.1) is 15.0 Å². The topological polar surface area (TPSA) is 66.4 Å². The van der Waals surface area contributed by atoms with E-state index in [9.17, 15) is 0 Å². The van der Waals surface area contributed by atoms with Gasteiger partial charge in [0.2, 0.25) is 0 Å². The van der Waals surface area contributed by atoms with Crippen molar-refractivity contribution in [1.82, 2.24) is 15.0 Å². The highest BCUT2D eigenvalue weighted by atomic mass is 16.5. The number of aromatic nitrogens is 3. The van der Waals surface area contributed by atoms with Gasteiger partial charge in [-0.05, 0) is 20.8 Å². The summed E-state index contributed by atoms with van der Waals surface area (Å²) < 4.78 is 15.2. The standard InChI is InChI=1S/C9H15N3O3/c1-9(2,3)15-8-11-6(13-4)10-7(12-8)14-5/h1-5H3. The Kier molecular flexibility index (Phi) is 3.28. The van der Waals surface area contributed by atoms with E-state index >= 15 is 0 Å². The summed E-state index contributed by atoms with van der Waals surface area (Å²) in [6.45, 7) is 5.70. The summed E-state index contributed by atoms with van der Waals surface area (Å²) in [6, 6.07) is 0.522. The molecule has 84 valence electrons. The average Bonchev–Trinajstić information content (AvgIpc) is 2.14. The Balaban J connectivity index is 2.97. The monoisotopic (exact) mass is 213 g/mol. The quantitative estimate of drug-likeness (QED) is 0.748. The van der Waals surface area contributed by atoms with Crippen molar-refractivity contribution in [3.05, 3.63) is 0 Å². The van der Waals surface area contributed by atoms with Gasteiger partial charge in [0.15, 0.2) is 0 Å². The minimum atomic E-state index is -0.378. The van der Waals surface area contributed by atoms with Gasteiger partial charge in [-0.1, -0.05) is 0 Å². The summed E-state index contributed by atoms with van der Waals surface area (Å²) in [5.41, 5.74) is -0.378. The van der Waals surface area contributed by atoms with Crippen molar-refractivity contribution in [2.75, 3.05) is 14.2 Å². The molecule has 1 aromatic heterocycles. The summed E-state index contributed by atoms with van der Waals surface area (Å²) >= 11 is 0. The van der Waals surface area contributed by atoms with Crippen LogP contribution in [0.4, 0.5) is 0 Å². The molecule has 0 spiro atoms. The molecule has 1 aromatic rings. The summed E-state index contributed by atoms with van der Waals surface area (Å²) in [5, 5.41) is 0. The fourth-order valence-electron chi connectivity index (χ4n) is 0.823. The molecule has 1 heterocycles. The second kappa shape index (κ2) is 4.29. The Morgan fingerprint density at radius 2 is 1.20 bits per heavy atom. The van der Waals surface area contributed by atoms with E-state index in [2.05, 4.69) is 15.0 Å². The van der Waals surface area contributed by atoms with Crippen LogP contribution in [0, 0.1) is 0 Å². The third-order valence-electron chi connectivity index (χ3n) is 1.34. The zero-order chi connectivity index (χ0) is 11.5. The molecule has 0 radical (unpaired) electrons. The molecule has 0 aliphatic heterocycles. The van der Waals surface area contributed by atoms with E-state index in [1.54, 1.807) is 0 Å². The van der Waals surface area contributed by atoms with E-state index in [-0.39, 0.29) is 23.6 Å². The zero-order valence-electron chi connectivity index (χ0n) is 9.57. The lowest BCUT2D eigenvalue weighted by molar-refractivity contribution is 0.113. The van der Waals surface area contributed by atoms with Gasteiger partial charge in [-0.3, -0.25) is 0 Å². The minimum absolute atomic E-state index is 0.168. The van der Waals surface area contributed by atoms with Crippen LogP contribution in [0.2, 0.25) is 0 Å². The number of hydrogen-bond acceptors (Lipinski definition) is 6. The van der Waals surface area contributed by atoms with Gasteiger partial charge >= 0.3 is 18.0 Å². The van der Waals surface area contributed by atoms with Crippen molar-refractivity contribution in [1.29, 1.82) is 0 Å². The Labute approximate surface area is 88.6 Å². The summed E-state index contributed by atoms with van der Waals surface area (Å²) in [6.07, 6.45) is 0. The van der Waals surface area contributed by atoms with Gasteiger partial charge in [0.1, 0.15) is 5.60 Å². The molecule has 0 aliphatic carbocycles. The van der Waals surface area contributed by atoms with Crippen LogP contribution in [0.5, 0.6) is 18.0 Å². The van der Waals surface area contributed by atoms with E-state index in [4.69, 9.17) is 14.2 Å². The van der Waals surface area contributed by atoms with Gasteiger partial charge in [0.25, 0.3) is 0 Å². The molecule has 0 amide bonds. The first-order valence-corrected chi connectivity index (χ1v) is 4.47. The number of methoxy groups -OCH3 is 2. The Morgan fingerprint density at radius 1 is 0.800 bits per heavy atom. The fraction of sp³-hybridized carbons (Fsp3) is 0.667. The second-order valence-corrected chi connectivity index (χ2v) is 3.81. The molecule has 6 heteroatoms. The van der Waals surface area contributed by atoms with Crippen LogP contribution in [-0.2, 0) is 0 Å². The van der Waals surface area contributed by atoms with E-state index in [0.717, 1.165) is 0 Å². The first kappa shape index (κ1) is 11.5. The first-order chi connectivity index (χ1) is 6.94. The van der Waals surface area contributed by atoms with E-state index < -0.39 is 0 Å². The highest BCUT2D eigenvalue weighted by Gasteiger charge is 2.16. The highest BCUT2D eigenvalue weighted by molar-refractivity contribution is 5.09. The zero-order valence-corrected chi connectivity index (χ0v) is 9.57. The van der Waals surface area contributed by atoms with Crippen LogP contribution in [-0.4, -0.2) is 34.8 Å². The lowest BCUT2D eigenvalue weighted by Gasteiger charge is -2.19. The molecular formula is C9H15N3O3. The highest BCUT2D eigenvalue weighted by Crippen LogP contribution is 2.18. The minimum Gasteiger partial charge on any atom is -0.467 e. The fourth-order valence-corrected chi connectivity index (χ4v) is 0.823. The summed E-state index contributed by atoms with van der Waals surface area (Å²) in [5.74, 6) is 0. The van der Waals surface area contributed by atoms with Crippen molar-refractivity contribution in [3.63, 3.8) is 0 Å².